The Morgan fingerprint density at radius 2 is 1.88 bits per heavy atom. The summed E-state index contributed by atoms with van der Waals surface area (Å²) >= 11 is 0. The van der Waals surface area contributed by atoms with Gasteiger partial charge in [-0.05, 0) is 31.0 Å². The van der Waals surface area contributed by atoms with Crippen LogP contribution >= 0.6 is 0 Å². The van der Waals surface area contributed by atoms with Crippen LogP contribution in [0, 0.1) is 5.92 Å². The quantitative estimate of drug-likeness (QED) is 0.868. The average molecular weight is 234 g/mol. The molecule has 0 bridgehead atoms. The molecule has 1 unspecified atom stereocenters. The molecule has 94 valence electrons. The fourth-order valence-electron chi connectivity index (χ4n) is 1.38. The molecule has 0 spiro atoms. The molecule has 0 aliphatic heterocycles. The molecule has 1 rings (SSSR count). The highest BCUT2D eigenvalue weighted by molar-refractivity contribution is 5.95. The van der Waals surface area contributed by atoms with E-state index in [0.717, 1.165) is 5.69 Å². The van der Waals surface area contributed by atoms with E-state index in [1.807, 2.05) is 50.2 Å². The van der Waals surface area contributed by atoms with Crippen LogP contribution in [-0.4, -0.2) is 26.0 Å². The van der Waals surface area contributed by atoms with Crippen molar-refractivity contribution in [2.75, 3.05) is 19.0 Å². The van der Waals surface area contributed by atoms with Crippen LogP contribution in [0.4, 0.5) is 5.69 Å². The Morgan fingerprint density at radius 1 is 1.24 bits per heavy atom. The summed E-state index contributed by atoms with van der Waals surface area (Å²) in [5.41, 5.74) is 1.75. The number of benzene rings is 1. The summed E-state index contributed by atoms with van der Waals surface area (Å²) in [6, 6.07) is 7.83. The van der Waals surface area contributed by atoms with Crippen molar-refractivity contribution in [1.82, 2.24) is 5.32 Å². The third-order valence-electron chi connectivity index (χ3n) is 2.98. The van der Waals surface area contributed by atoms with E-state index in [1.165, 1.54) is 0 Å². The van der Waals surface area contributed by atoms with Crippen molar-refractivity contribution in [3.8, 4) is 0 Å². The Labute approximate surface area is 104 Å². The molecule has 0 heterocycles. The van der Waals surface area contributed by atoms with Gasteiger partial charge in [-0.25, -0.2) is 0 Å². The van der Waals surface area contributed by atoms with Gasteiger partial charge in [0.25, 0.3) is 5.91 Å². The molecule has 1 N–H and O–H groups in total. The smallest absolute Gasteiger partial charge is 0.251 e. The maximum Gasteiger partial charge on any atom is 0.251 e. The molecular formula is C14H22N2O. The first-order valence-corrected chi connectivity index (χ1v) is 6.00. The van der Waals surface area contributed by atoms with Crippen molar-refractivity contribution >= 4 is 11.6 Å². The molecular weight excluding hydrogens is 212 g/mol. The average Bonchev–Trinajstić information content (AvgIpc) is 2.28. The first-order valence-electron chi connectivity index (χ1n) is 6.00. The third-order valence-corrected chi connectivity index (χ3v) is 2.98. The zero-order chi connectivity index (χ0) is 13.0. The van der Waals surface area contributed by atoms with Crippen molar-refractivity contribution in [3.05, 3.63) is 29.8 Å². The van der Waals surface area contributed by atoms with Gasteiger partial charge in [-0.3, -0.25) is 4.79 Å². The molecule has 1 aromatic rings. The Hall–Kier alpha value is -1.51. The second kappa shape index (κ2) is 5.71. The molecule has 0 aliphatic rings. The van der Waals surface area contributed by atoms with E-state index in [1.54, 1.807) is 0 Å². The van der Waals surface area contributed by atoms with Crippen LogP contribution in [0.15, 0.2) is 24.3 Å². The predicted molar refractivity (Wildman–Crippen MR) is 72.5 cm³/mol. The van der Waals surface area contributed by atoms with E-state index in [-0.39, 0.29) is 11.9 Å². The van der Waals surface area contributed by atoms with Crippen LogP contribution < -0.4 is 10.2 Å². The number of anilines is 1. The molecule has 3 heteroatoms. The Morgan fingerprint density at radius 3 is 2.41 bits per heavy atom. The number of carbonyl (C=O) groups is 1. The lowest BCUT2D eigenvalue weighted by atomic mass is 10.1. The first-order chi connectivity index (χ1) is 7.91. The maximum absolute atomic E-state index is 12.0. The lowest BCUT2D eigenvalue weighted by Gasteiger charge is -2.18. The van der Waals surface area contributed by atoms with Gasteiger partial charge in [-0.1, -0.05) is 19.9 Å². The molecule has 1 atom stereocenters. The second-order valence-electron chi connectivity index (χ2n) is 4.95. The van der Waals surface area contributed by atoms with Crippen LogP contribution in [0.5, 0.6) is 0 Å². The SMILES string of the molecule is CC(C)C(C)NC(=O)c1cccc(N(C)C)c1. The zero-order valence-corrected chi connectivity index (χ0v) is 11.3. The second-order valence-corrected chi connectivity index (χ2v) is 4.95. The summed E-state index contributed by atoms with van der Waals surface area (Å²) in [7, 11) is 3.93. The summed E-state index contributed by atoms with van der Waals surface area (Å²) in [6.45, 7) is 6.22. The van der Waals surface area contributed by atoms with Gasteiger partial charge >= 0.3 is 0 Å². The topological polar surface area (TPSA) is 32.3 Å². The molecule has 0 radical (unpaired) electrons. The number of nitrogens with zero attached hydrogens (tertiary/aromatic N) is 1. The Kier molecular flexibility index (Phi) is 4.55. The van der Waals surface area contributed by atoms with Gasteiger partial charge in [0.2, 0.25) is 0 Å². The van der Waals surface area contributed by atoms with E-state index in [4.69, 9.17) is 0 Å². The summed E-state index contributed by atoms with van der Waals surface area (Å²) < 4.78 is 0. The summed E-state index contributed by atoms with van der Waals surface area (Å²) in [5.74, 6) is 0.436. The Balaban J connectivity index is 2.79. The minimum absolute atomic E-state index is 0.00472. The monoisotopic (exact) mass is 234 g/mol. The van der Waals surface area contributed by atoms with Crippen molar-refractivity contribution in [2.45, 2.75) is 26.8 Å². The molecule has 0 aliphatic carbocycles. The Bertz CT molecular complexity index is 386. The standard InChI is InChI=1S/C14H22N2O/c1-10(2)11(3)15-14(17)12-7-6-8-13(9-12)16(4)5/h6-11H,1-5H3,(H,15,17). The number of hydrogen-bond acceptors (Lipinski definition) is 2. The van der Waals surface area contributed by atoms with Gasteiger partial charge < -0.3 is 10.2 Å². The predicted octanol–water partition coefficient (Wildman–Crippen LogP) is 2.53. The van der Waals surface area contributed by atoms with Gasteiger partial charge in [0.05, 0.1) is 0 Å². The minimum atomic E-state index is -0.00472. The van der Waals surface area contributed by atoms with E-state index in [2.05, 4.69) is 19.2 Å². The van der Waals surface area contributed by atoms with Gasteiger partial charge in [-0.15, -0.1) is 0 Å². The highest BCUT2D eigenvalue weighted by atomic mass is 16.1. The van der Waals surface area contributed by atoms with Gasteiger partial charge in [0.1, 0.15) is 0 Å². The van der Waals surface area contributed by atoms with E-state index >= 15 is 0 Å². The normalized spacial score (nSPS) is 12.4. The fourth-order valence-corrected chi connectivity index (χ4v) is 1.38. The summed E-state index contributed by atoms with van der Waals surface area (Å²) in [4.78, 5) is 14.0. The molecule has 0 fully saturated rings. The molecule has 0 aromatic heterocycles. The van der Waals surface area contributed by atoms with Crippen molar-refractivity contribution in [2.24, 2.45) is 5.92 Å². The maximum atomic E-state index is 12.0. The lowest BCUT2D eigenvalue weighted by molar-refractivity contribution is 0.0930. The fraction of sp³-hybridized carbons (Fsp3) is 0.500. The molecule has 0 saturated heterocycles. The lowest BCUT2D eigenvalue weighted by Crippen LogP contribution is -2.36. The number of hydrogen-bond donors (Lipinski definition) is 1. The summed E-state index contributed by atoms with van der Waals surface area (Å²) in [5, 5.41) is 3.00. The first kappa shape index (κ1) is 13.6. The van der Waals surface area contributed by atoms with E-state index < -0.39 is 0 Å². The van der Waals surface area contributed by atoms with E-state index in [9.17, 15) is 4.79 Å². The molecule has 17 heavy (non-hydrogen) atoms. The van der Waals surface area contributed by atoms with Gasteiger partial charge in [0, 0.05) is 31.4 Å². The van der Waals surface area contributed by atoms with E-state index in [0.29, 0.717) is 11.5 Å². The number of carbonyl (C=O) groups excluding carboxylic acids is 1. The van der Waals surface area contributed by atoms with Crippen molar-refractivity contribution < 1.29 is 4.79 Å². The van der Waals surface area contributed by atoms with Crippen LogP contribution in [0.1, 0.15) is 31.1 Å². The van der Waals surface area contributed by atoms with Gasteiger partial charge in [-0.2, -0.15) is 0 Å². The summed E-state index contributed by atoms with van der Waals surface area (Å²) in [6.07, 6.45) is 0. The van der Waals surface area contributed by atoms with Crippen LogP contribution in [0.3, 0.4) is 0 Å². The largest absolute Gasteiger partial charge is 0.378 e. The van der Waals surface area contributed by atoms with Crippen molar-refractivity contribution in [1.29, 1.82) is 0 Å². The van der Waals surface area contributed by atoms with Crippen LogP contribution in [0.2, 0.25) is 0 Å². The number of rotatable bonds is 4. The number of amides is 1. The van der Waals surface area contributed by atoms with Crippen LogP contribution in [0.25, 0.3) is 0 Å². The molecule has 0 saturated carbocycles. The molecule has 3 nitrogen and oxygen atoms in total. The molecule has 1 amide bonds. The number of nitrogens with one attached hydrogen (secondary N) is 1. The van der Waals surface area contributed by atoms with Gasteiger partial charge in [0.15, 0.2) is 0 Å². The van der Waals surface area contributed by atoms with Crippen LogP contribution in [-0.2, 0) is 0 Å². The minimum Gasteiger partial charge on any atom is -0.378 e. The highest BCUT2D eigenvalue weighted by Gasteiger charge is 2.12. The third kappa shape index (κ3) is 3.77. The van der Waals surface area contributed by atoms with Crippen molar-refractivity contribution in [3.63, 3.8) is 0 Å². The molecule has 1 aromatic carbocycles. The zero-order valence-electron chi connectivity index (χ0n) is 11.3. The highest BCUT2D eigenvalue weighted by Crippen LogP contribution is 2.13.